The topological polar surface area (TPSA) is 40.5 Å². The predicted octanol–water partition coefficient (Wildman–Crippen LogP) is 3.55. The van der Waals surface area contributed by atoms with E-state index in [9.17, 15) is 23.4 Å². The molecule has 1 aromatic carbocycles. The van der Waals surface area contributed by atoms with Gasteiger partial charge in [0.05, 0.1) is 17.3 Å². The maximum Gasteiger partial charge on any atom is 0.416 e. The zero-order valence-corrected chi connectivity index (χ0v) is 12.0. The molecule has 0 saturated heterocycles. The second kappa shape index (κ2) is 5.97. The van der Waals surface area contributed by atoms with Crippen LogP contribution in [0.2, 0.25) is 0 Å². The van der Waals surface area contributed by atoms with E-state index in [2.05, 4.69) is 6.92 Å². The van der Waals surface area contributed by atoms with Gasteiger partial charge < -0.3 is 10.2 Å². The van der Waals surface area contributed by atoms with Crippen LogP contribution in [0.3, 0.4) is 0 Å². The molecule has 5 heteroatoms. The van der Waals surface area contributed by atoms with Gasteiger partial charge in [-0.25, -0.2) is 0 Å². The van der Waals surface area contributed by atoms with Crippen LogP contribution in [0.5, 0.6) is 0 Å². The normalized spacial score (nSPS) is 28.4. The third-order valence-corrected chi connectivity index (χ3v) is 4.44. The van der Waals surface area contributed by atoms with Gasteiger partial charge in [0.2, 0.25) is 0 Å². The predicted molar refractivity (Wildman–Crippen MR) is 73.7 cm³/mol. The molecule has 1 aliphatic rings. The highest BCUT2D eigenvalue weighted by molar-refractivity contribution is 5.26. The van der Waals surface area contributed by atoms with Crippen molar-refractivity contribution in [2.24, 2.45) is 5.92 Å². The van der Waals surface area contributed by atoms with Crippen molar-refractivity contribution in [3.8, 4) is 0 Å². The van der Waals surface area contributed by atoms with Gasteiger partial charge in [0, 0.05) is 6.42 Å². The average molecular weight is 302 g/mol. The Bertz CT molecular complexity index is 477. The van der Waals surface area contributed by atoms with Crippen LogP contribution < -0.4 is 0 Å². The summed E-state index contributed by atoms with van der Waals surface area (Å²) in [7, 11) is 0. The van der Waals surface area contributed by atoms with Crippen molar-refractivity contribution in [3.05, 3.63) is 35.4 Å². The molecule has 1 fully saturated rings. The van der Waals surface area contributed by atoms with E-state index < -0.39 is 23.4 Å². The summed E-state index contributed by atoms with van der Waals surface area (Å²) < 4.78 is 38.0. The van der Waals surface area contributed by atoms with E-state index >= 15 is 0 Å². The van der Waals surface area contributed by atoms with Crippen LogP contribution in [0, 0.1) is 5.92 Å². The quantitative estimate of drug-likeness (QED) is 0.896. The van der Waals surface area contributed by atoms with Crippen molar-refractivity contribution >= 4 is 0 Å². The lowest BCUT2D eigenvalue weighted by Crippen LogP contribution is -2.46. The molecule has 0 bridgehead atoms. The van der Waals surface area contributed by atoms with Gasteiger partial charge in [-0.05, 0) is 43.2 Å². The molecule has 2 nitrogen and oxygen atoms in total. The second-order valence-electron chi connectivity index (χ2n) is 6.20. The van der Waals surface area contributed by atoms with Crippen LogP contribution in [0.1, 0.15) is 43.7 Å². The van der Waals surface area contributed by atoms with Gasteiger partial charge in [0.25, 0.3) is 0 Å². The van der Waals surface area contributed by atoms with Gasteiger partial charge in [0.1, 0.15) is 0 Å². The lowest BCUT2D eigenvalue weighted by molar-refractivity contribution is -0.137. The van der Waals surface area contributed by atoms with Gasteiger partial charge in [-0.1, -0.05) is 25.1 Å². The van der Waals surface area contributed by atoms with Gasteiger partial charge >= 0.3 is 6.18 Å². The Kier molecular flexibility index (Phi) is 4.63. The van der Waals surface area contributed by atoms with Crippen LogP contribution in [0.4, 0.5) is 13.2 Å². The molecule has 0 aliphatic heterocycles. The fourth-order valence-electron chi connectivity index (χ4n) is 2.88. The highest BCUT2D eigenvalue weighted by Crippen LogP contribution is 2.36. The van der Waals surface area contributed by atoms with Gasteiger partial charge in [0.15, 0.2) is 0 Å². The zero-order valence-electron chi connectivity index (χ0n) is 12.0. The third kappa shape index (κ3) is 3.98. The van der Waals surface area contributed by atoms with Crippen LogP contribution in [-0.2, 0) is 12.6 Å². The Morgan fingerprint density at radius 3 is 2.48 bits per heavy atom. The number of hydrogen-bond acceptors (Lipinski definition) is 2. The highest BCUT2D eigenvalue weighted by Gasteiger charge is 2.38. The van der Waals surface area contributed by atoms with E-state index in [1.807, 2.05) is 0 Å². The Morgan fingerprint density at radius 1 is 1.29 bits per heavy atom. The number of aliphatic hydroxyl groups is 2. The fraction of sp³-hybridized carbons (Fsp3) is 0.625. The zero-order chi connectivity index (χ0) is 15.7. The standard InChI is InChI=1S/C16H21F3O2/c1-11-5-7-15(21,8-6-11)14(20)10-12-3-2-4-13(9-12)16(17,18)19/h2-4,9,11,14,20-21H,5-8,10H2,1H3. The first-order valence-electron chi connectivity index (χ1n) is 7.27. The molecule has 2 rings (SSSR count). The monoisotopic (exact) mass is 302 g/mol. The molecule has 21 heavy (non-hydrogen) atoms. The number of aliphatic hydroxyl groups excluding tert-OH is 1. The first-order chi connectivity index (χ1) is 9.71. The van der Waals surface area contributed by atoms with Gasteiger partial charge in [-0.15, -0.1) is 0 Å². The number of alkyl halides is 3. The van der Waals surface area contributed by atoms with E-state index in [4.69, 9.17) is 0 Å². The number of hydrogen-bond donors (Lipinski definition) is 2. The molecular weight excluding hydrogens is 281 g/mol. The van der Waals surface area contributed by atoms with Crippen LogP contribution in [0.25, 0.3) is 0 Å². The molecule has 118 valence electrons. The summed E-state index contributed by atoms with van der Waals surface area (Å²) in [5.41, 5.74) is -1.51. The molecule has 1 unspecified atom stereocenters. The molecule has 2 N–H and O–H groups in total. The van der Waals surface area contributed by atoms with Crippen LogP contribution in [-0.4, -0.2) is 21.9 Å². The van der Waals surface area contributed by atoms with Gasteiger partial charge in [-0.3, -0.25) is 0 Å². The maximum atomic E-state index is 12.7. The minimum atomic E-state index is -4.39. The molecule has 0 heterocycles. The Hall–Kier alpha value is -1.07. The van der Waals surface area contributed by atoms with E-state index in [0.717, 1.165) is 25.0 Å². The van der Waals surface area contributed by atoms with Crippen molar-refractivity contribution in [2.45, 2.75) is 56.9 Å². The molecule has 1 saturated carbocycles. The van der Waals surface area contributed by atoms with E-state index in [0.29, 0.717) is 24.3 Å². The molecule has 1 aromatic rings. The van der Waals surface area contributed by atoms with Gasteiger partial charge in [-0.2, -0.15) is 13.2 Å². The van der Waals surface area contributed by atoms with E-state index in [1.54, 1.807) is 6.07 Å². The first kappa shape index (κ1) is 16.3. The molecule has 1 atom stereocenters. The minimum absolute atomic E-state index is 0.0365. The molecule has 0 aromatic heterocycles. The molecular formula is C16H21F3O2. The summed E-state index contributed by atoms with van der Waals surface area (Å²) >= 11 is 0. The largest absolute Gasteiger partial charge is 0.416 e. The molecule has 0 amide bonds. The summed E-state index contributed by atoms with van der Waals surface area (Å²) in [6.07, 6.45) is -2.74. The lowest BCUT2D eigenvalue weighted by Gasteiger charge is -2.38. The first-order valence-corrected chi connectivity index (χ1v) is 7.27. The van der Waals surface area contributed by atoms with Crippen molar-refractivity contribution in [1.82, 2.24) is 0 Å². The summed E-state index contributed by atoms with van der Waals surface area (Å²) in [5.74, 6) is 0.519. The van der Waals surface area contributed by atoms with Crippen LogP contribution in [0.15, 0.2) is 24.3 Å². The van der Waals surface area contributed by atoms with Crippen LogP contribution >= 0.6 is 0 Å². The average Bonchev–Trinajstić information content (AvgIpc) is 2.41. The lowest BCUT2D eigenvalue weighted by atomic mass is 9.75. The fourth-order valence-corrected chi connectivity index (χ4v) is 2.88. The number of rotatable bonds is 3. The Labute approximate surface area is 122 Å². The van der Waals surface area contributed by atoms with Crippen molar-refractivity contribution in [1.29, 1.82) is 0 Å². The SMILES string of the molecule is CC1CCC(O)(C(O)Cc2cccc(C(F)(F)F)c2)CC1. The number of halogens is 3. The summed E-state index contributed by atoms with van der Waals surface area (Å²) in [4.78, 5) is 0. The second-order valence-corrected chi connectivity index (χ2v) is 6.20. The van der Waals surface area contributed by atoms with Crippen molar-refractivity contribution < 1.29 is 23.4 Å². The Morgan fingerprint density at radius 2 is 1.90 bits per heavy atom. The molecule has 0 radical (unpaired) electrons. The van der Waals surface area contributed by atoms with E-state index in [1.165, 1.54) is 6.07 Å². The smallest absolute Gasteiger partial charge is 0.390 e. The highest BCUT2D eigenvalue weighted by atomic mass is 19.4. The molecule has 0 spiro atoms. The summed E-state index contributed by atoms with van der Waals surface area (Å²) in [5, 5.41) is 20.7. The number of benzene rings is 1. The Balaban J connectivity index is 2.07. The summed E-state index contributed by atoms with van der Waals surface area (Å²) in [6.45, 7) is 2.10. The summed E-state index contributed by atoms with van der Waals surface area (Å²) in [6, 6.07) is 4.93. The molecule has 1 aliphatic carbocycles. The van der Waals surface area contributed by atoms with Crippen molar-refractivity contribution in [3.63, 3.8) is 0 Å². The third-order valence-electron chi connectivity index (χ3n) is 4.44. The minimum Gasteiger partial charge on any atom is -0.390 e. The van der Waals surface area contributed by atoms with E-state index in [-0.39, 0.29) is 6.42 Å². The maximum absolute atomic E-state index is 12.7. The van der Waals surface area contributed by atoms with Crippen molar-refractivity contribution in [2.75, 3.05) is 0 Å².